The van der Waals surface area contributed by atoms with E-state index in [9.17, 15) is 14.4 Å². The third kappa shape index (κ3) is 3.96. The predicted molar refractivity (Wildman–Crippen MR) is 138 cm³/mol. The molecule has 3 aromatic rings. The van der Waals surface area contributed by atoms with Crippen molar-refractivity contribution in [2.75, 3.05) is 32.6 Å². The number of hydrogen-bond acceptors (Lipinski definition) is 7. The van der Waals surface area contributed by atoms with Gasteiger partial charge in [-0.3, -0.25) is 19.4 Å². The van der Waals surface area contributed by atoms with Gasteiger partial charge in [-0.2, -0.15) is 0 Å². The summed E-state index contributed by atoms with van der Waals surface area (Å²) in [5.41, 5.74) is 5.66. The summed E-state index contributed by atoms with van der Waals surface area (Å²) in [5.74, 6) is 1.72. The van der Waals surface area contributed by atoms with Gasteiger partial charge in [-0.05, 0) is 61.1 Å². The van der Waals surface area contributed by atoms with Crippen LogP contribution in [0.15, 0.2) is 48.7 Å². The van der Waals surface area contributed by atoms with Crippen LogP contribution in [0, 0.1) is 23.2 Å². The summed E-state index contributed by atoms with van der Waals surface area (Å²) in [6.45, 7) is 1.00. The molecule has 0 bridgehead atoms. The molecular formula is C28H28N4O6. The van der Waals surface area contributed by atoms with E-state index in [-0.39, 0.29) is 35.5 Å². The highest BCUT2D eigenvalue weighted by Crippen LogP contribution is 2.55. The van der Waals surface area contributed by atoms with Crippen LogP contribution in [-0.2, 0) is 14.4 Å². The summed E-state index contributed by atoms with van der Waals surface area (Å²) in [4.78, 5) is 43.8. The fraction of sp³-hybridized carbons (Fsp3) is 0.357. The number of rotatable bonds is 8. The first-order valence-electron chi connectivity index (χ1n) is 12.5. The van der Waals surface area contributed by atoms with Crippen molar-refractivity contribution < 1.29 is 28.6 Å². The van der Waals surface area contributed by atoms with Crippen molar-refractivity contribution in [2.24, 2.45) is 28.9 Å². The smallest absolute Gasteiger partial charge is 0.240 e. The van der Waals surface area contributed by atoms with E-state index in [1.807, 2.05) is 6.07 Å². The zero-order chi connectivity index (χ0) is 26.6. The van der Waals surface area contributed by atoms with E-state index in [2.05, 4.69) is 10.3 Å². The zero-order valence-electron chi connectivity index (χ0n) is 21.1. The number of pyridine rings is 1. The summed E-state index contributed by atoms with van der Waals surface area (Å²) < 4.78 is 16.9. The second-order valence-electron chi connectivity index (χ2n) is 10.2. The number of nitrogens with one attached hydrogen (secondary N) is 1. The largest absolute Gasteiger partial charge is 0.493 e. The average molecular weight is 517 g/mol. The van der Waals surface area contributed by atoms with Crippen molar-refractivity contribution in [1.82, 2.24) is 9.88 Å². The van der Waals surface area contributed by atoms with Gasteiger partial charge >= 0.3 is 0 Å². The van der Waals surface area contributed by atoms with Gasteiger partial charge in [-0.15, -0.1) is 0 Å². The van der Waals surface area contributed by atoms with Crippen LogP contribution < -0.4 is 25.3 Å². The molecule has 0 unspecified atom stereocenters. The molecule has 196 valence electrons. The first kappa shape index (κ1) is 24.0. The fourth-order valence-electron chi connectivity index (χ4n) is 5.60. The van der Waals surface area contributed by atoms with Crippen molar-refractivity contribution in [1.29, 1.82) is 0 Å². The van der Waals surface area contributed by atoms with Gasteiger partial charge in [-0.1, -0.05) is 0 Å². The van der Waals surface area contributed by atoms with E-state index in [0.29, 0.717) is 60.1 Å². The molecule has 2 aromatic carbocycles. The molecule has 1 aromatic heterocycles. The number of ether oxygens (including phenoxy) is 3. The maximum atomic E-state index is 13.2. The van der Waals surface area contributed by atoms with Crippen molar-refractivity contribution >= 4 is 34.3 Å². The minimum atomic E-state index is -1.02. The van der Waals surface area contributed by atoms with Gasteiger partial charge in [-0.25, -0.2) is 0 Å². The van der Waals surface area contributed by atoms with Crippen LogP contribution in [0.2, 0.25) is 0 Å². The molecule has 38 heavy (non-hydrogen) atoms. The molecule has 10 heteroatoms. The Morgan fingerprint density at radius 2 is 1.63 bits per heavy atom. The van der Waals surface area contributed by atoms with Gasteiger partial charge in [0.15, 0.2) is 11.5 Å². The Labute approximate surface area is 219 Å². The standard InChI is InChI=1S/C28H28N4O6/c1-36-22-11-17-20(12-23(22)37-2)30-10-7-21(17)38-16-5-3-15(4-6-16)31-26(34)28(8-9-28)27(35)32-13-18-19(14-32)24(18)25(29)33/h3-7,10-12,18-19,24H,8-9,13-14H2,1-2H3,(H2,29,33)(H,31,34)/t18-,19+,24+. The van der Waals surface area contributed by atoms with Crippen LogP contribution in [0.5, 0.6) is 23.0 Å². The Hall–Kier alpha value is -4.34. The molecule has 3 fully saturated rings. The molecule has 6 rings (SSSR count). The Kier molecular flexibility index (Phi) is 5.62. The van der Waals surface area contributed by atoms with Crippen molar-refractivity contribution in [3.05, 3.63) is 48.7 Å². The Morgan fingerprint density at radius 3 is 2.24 bits per heavy atom. The monoisotopic (exact) mass is 516 g/mol. The maximum absolute atomic E-state index is 13.2. The number of nitrogens with two attached hydrogens (primary N) is 1. The number of anilines is 1. The summed E-state index contributed by atoms with van der Waals surface area (Å²) >= 11 is 0. The van der Waals surface area contributed by atoms with E-state index >= 15 is 0 Å². The molecule has 3 N–H and O–H groups in total. The van der Waals surface area contributed by atoms with Crippen LogP contribution in [-0.4, -0.2) is 54.9 Å². The Bertz CT molecular complexity index is 1440. The van der Waals surface area contributed by atoms with Gasteiger partial charge in [0.25, 0.3) is 0 Å². The summed E-state index contributed by atoms with van der Waals surface area (Å²) in [5, 5.41) is 3.65. The quantitative estimate of drug-likeness (QED) is 0.440. The zero-order valence-corrected chi connectivity index (χ0v) is 21.1. The van der Waals surface area contributed by atoms with E-state index in [4.69, 9.17) is 19.9 Å². The highest BCUT2D eigenvalue weighted by atomic mass is 16.5. The molecule has 3 atom stereocenters. The van der Waals surface area contributed by atoms with Crippen LogP contribution >= 0.6 is 0 Å². The number of amides is 3. The lowest BCUT2D eigenvalue weighted by Gasteiger charge is -2.24. The molecule has 2 saturated carbocycles. The molecule has 0 spiro atoms. The van der Waals surface area contributed by atoms with Crippen molar-refractivity contribution in [3.63, 3.8) is 0 Å². The average Bonchev–Trinajstić information content (AvgIpc) is 3.83. The number of nitrogens with zero attached hydrogens (tertiary/aromatic N) is 2. The van der Waals surface area contributed by atoms with E-state index in [0.717, 1.165) is 5.39 Å². The highest BCUT2D eigenvalue weighted by molar-refractivity contribution is 6.13. The molecule has 3 amide bonds. The molecular weight excluding hydrogens is 488 g/mol. The summed E-state index contributed by atoms with van der Waals surface area (Å²) in [7, 11) is 3.14. The number of benzene rings is 2. The number of fused-ring (bicyclic) bond motifs is 2. The van der Waals surface area contributed by atoms with Crippen LogP contribution in [0.25, 0.3) is 10.9 Å². The number of piperidine rings is 1. The van der Waals surface area contributed by atoms with Gasteiger partial charge in [0, 0.05) is 42.3 Å². The van der Waals surface area contributed by atoms with E-state index < -0.39 is 5.41 Å². The minimum absolute atomic E-state index is 0.126. The summed E-state index contributed by atoms with van der Waals surface area (Å²) in [6, 6.07) is 12.3. The third-order valence-corrected chi connectivity index (χ3v) is 7.95. The second kappa shape index (κ2) is 8.90. The molecule has 1 aliphatic heterocycles. The number of likely N-dealkylation sites (tertiary alicyclic amines) is 1. The van der Waals surface area contributed by atoms with Gasteiger partial charge < -0.3 is 30.2 Å². The van der Waals surface area contributed by atoms with Crippen LogP contribution in [0.1, 0.15) is 12.8 Å². The molecule has 0 radical (unpaired) electrons. The van der Waals surface area contributed by atoms with Gasteiger partial charge in [0.1, 0.15) is 16.9 Å². The number of hydrogen-bond donors (Lipinski definition) is 2. The minimum Gasteiger partial charge on any atom is -0.493 e. The topological polar surface area (TPSA) is 133 Å². The first-order chi connectivity index (χ1) is 18.3. The van der Waals surface area contributed by atoms with Crippen LogP contribution in [0.3, 0.4) is 0 Å². The predicted octanol–water partition coefficient (Wildman–Crippen LogP) is 2.95. The van der Waals surface area contributed by atoms with Crippen molar-refractivity contribution in [3.8, 4) is 23.0 Å². The first-order valence-corrected chi connectivity index (χ1v) is 12.5. The number of aromatic nitrogens is 1. The Balaban J connectivity index is 1.12. The normalized spacial score (nSPS) is 22.4. The van der Waals surface area contributed by atoms with E-state index in [1.54, 1.807) is 61.7 Å². The number of methoxy groups -OCH3 is 2. The SMILES string of the molecule is COc1cc2nccc(Oc3ccc(NC(=O)C4(C(=O)N5C[C@@H]6[C@H](C5)[C@H]6C(N)=O)CC4)cc3)c2cc1OC. The lowest BCUT2D eigenvalue weighted by molar-refractivity contribution is -0.142. The molecule has 1 saturated heterocycles. The number of carbonyl (C=O) groups is 3. The number of primary amides is 1. The molecule has 2 heterocycles. The molecule has 3 aliphatic rings. The van der Waals surface area contributed by atoms with Crippen LogP contribution in [0.4, 0.5) is 5.69 Å². The third-order valence-electron chi connectivity index (χ3n) is 7.95. The number of carbonyl (C=O) groups excluding carboxylic acids is 3. The second-order valence-corrected chi connectivity index (χ2v) is 10.2. The lowest BCUT2D eigenvalue weighted by atomic mass is 10.0. The molecule has 10 nitrogen and oxygen atoms in total. The van der Waals surface area contributed by atoms with Gasteiger partial charge in [0.2, 0.25) is 17.7 Å². The van der Waals surface area contributed by atoms with Crippen molar-refractivity contribution in [2.45, 2.75) is 12.8 Å². The maximum Gasteiger partial charge on any atom is 0.240 e. The lowest BCUT2D eigenvalue weighted by Crippen LogP contribution is -2.43. The Morgan fingerprint density at radius 1 is 0.974 bits per heavy atom. The summed E-state index contributed by atoms with van der Waals surface area (Å²) in [6.07, 6.45) is 2.70. The van der Waals surface area contributed by atoms with E-state index in [1.165, 1.54) is 0 Å². The van der Waals surface area contributed by atoms with Gasteiger partial charge in [0.05, 0.1) is 19.7 Å². The highest BCUT2D eigenvalue weighted by Gasteiger charge is 2.64. The fourth-order valence-corrected chi connectivity index (χ4v) is 5.60. The molecule has 2 aliphatic carbocycles.